The molecule has 0 bridgehead atoms. The average molecular weight is 453 g/mol. The zero-order valence-electron chi connectivity index (χ0n) is 18.9. The van der Waals surface area contributed by atoms with E-state index in [4.69, 9.17) is 14.6 Å². The van der Waals surface area contributed by atoms with Crippen molar-refractivity contribution in [3.63, 3.8) is 0 Å². The normalized spacial score (nSPS) is 14.0. The van der Waals surface area contributed by atoms with Crippen molar-refractivity contribution in [2.45, 2.75) is 45.8 Å². The van der Waals surface area contributed by atoms with E-state index in [-0.39, 0.29) is 18.1 Å². The SMILES string of the molecule is CCC(=O)N1CCOc2ccc(OCC(O)C[NH2+]C(C)(C)C)cc21.O=C([O-])/C=C/C(=O)O. The molecule has 32 heavy (non-hydrogen) atoms. The number of carboxylic acids is 2. The van der Waals surface area contributed by atoms with Crippen LogP contribution in [-0.4, -0.2) is 66.0 Å². The summed E-state index contributed by atoms with van der Waals surface area (Å²) in [4.78, 5) is 32.8. The zero-order valence-corrected chi connectivity index (χ0v) is 18.9. The van der Waals surface area contributed by atoms with E-state index < -0.39 is 18.0 Å². The molecule has 1 atom stereocenters. The molecule has 0 aliphatic carbocycles. The van der Waals surface area contributed by atoms with E-state index in [9.17, 15) is 24.6 Å². The van der Waals surface area contributed by atoms with Gasteiger partial charge in [-0.1, -0.05) is 6.92 Å². The van der Waals surface area contributed by atoms with Crippen LogP contribution in [-0.2, 0) is 14.4 Å². The van der Waals surface area contributed by atoms with E-state index in [1.54, 1.807) is 11.0 Å². The molecule has 2 rings (SSSR count). The number of aliphatic hydroxyl groups is 1. The van der Waals surface area contributed by atoms with Gasteiger partial charge in [-0.2, -0.15) is 0 Å². The molecule has 178 valence electrons. The Labute approximate surface area is 187 Å². The first-order valence-corrected chi connectivity index (χ1v) is 10.3. The third-order valence-corrected chi connectivity index (χ3v) is 4.20. The van der Waals surface area contributed by atoms with Crippen LogP contribution in [0.4, 0.5) is 5.69 Å². The van der Waals surface area contributed by atoms with Crippen LogP contribution in [0.1, 0.15) is 34.1 Å². The molecule has 1 unspecified atom stereocenters. The van der Waals surface area contributed by atoms with Crippen LogP contribution in [0, 0.1) is 0 Å². The second-order valence-corrected chi connectivity index (χ2v) is 8.14. The van der Waals surface area contributed by atoms with Gasteiger partial charge in [-0.3, -0.25) is 4.79 Å². The van der Waals surface area contributed by atoms with Crippen LogP contribution >= 0.6 is 0 Å². The highest BCUT2D eigenvalue weighted by molar-refractivity contribution is 5.95. The number of amides is 1. The third kappa shape index (κ3) is 10.3. The van der Waals surface area contributed by atoms with Gasteiger partial charge in [0.25, 0.3) is 0 Å². The van der Waals surface area contributed by atoms with Gasteiger partial charge < -0.3 is 39.8 Å². The molecule has 0 saturated heterocycles. The van der Waals surface area contributed by atoms with Gasteiger partial charge in [-0.15, -0.1) is 0 Å². The molecule has 1 aliphatic rings. The Balaban J connectivity index is 0.000000547. The van der Waals surface area contributed by atoms with Crippen LogP contribution in [0.5, 0.6) is 11.5 Å². The summed E-state index contributed by atoms with van der Waals surface area (Å²) in [6.45, 7) is 9.99. The largest absolute Gasteiger partial charge is 0.545 e. The zero-order chi connectivity index (χ0) is 24.3. The summed E-state index contributed by atoms with van der Waals surface area (Å²) in [5, 5.41) is 29.4. The Morgan fingerprint density at radius 1 is 1.31 bits per heavy atom. The number of ether oxygens (including phenoxy) is 2. The van der Waals surface area contributed by atoms with Crippen LogP contribution in [0.2, 0.25) is 0 Å². The Morgan fingerprint density at radius 2 is 2.00 bits per heavy atom. The van der Waals surface area contributed by atoms with Crippen LogP contribution < -0.4 is 24.8 Å². The molecule has 0 fully saturated rings. The summed E-state index contributed by atoms with van der Waals surface area (Å²) in [5.74, 6) is -1.42. The maximum atomic E-state index is 12.1. The summed E-state index contributed by atoms with van der Waals surface area (Å²) < 4.78 is 11.3. The molecular weight excluding hydrogens is 420 g/mol. The van der Waals surface area contributed by atoms with E-state index in [0.717, 1.165) is 5.69 Å². The number of rotatable bonds is 8. The first-order chi connectivity index (χ1) is 14.9. The number of benzene rings is 1. The summed E-state index contributed by atoms with van der Waals surface area (Å²) in [6, 6.07) is 5.43. The molecule has 1 aromatic carbocycles. The van der Waals surface area contributed by atoms with E-state index in [2.05, 4.69) is 26.1 Å². The lowest BCUT2D eigenvalue weighted by molar-refractivity contribution is -0.722. The fourth-order valence-corrected chi connectivity index (χ4v) is 2.63. The third-order valence-electron chi connectivity index (χ3n) is 4.20. The molecule has 1 aliphatic heterocycles. The molecule has 0 radical (unpaired) electrons. The molecule has 4 N–H and O–H groups in total. The number of carbonyl (C=O) groups is 3. The lowest BCUT2D eigenvalue weighted by atomic mass is 10.1. The molecule has 1 amide bonds. The molecule has 0 spiro atoms. The van der Waals surface area contributed by atoms with Crippen molar-refractivity contribution in [2.75, 3.05) is 31.2 Å². The van der Waals surface area contributed by atoms with E-state index in [0.29, 0.717) is 49.8 Å². The number of carbonyl (C=O) groups excluding carboxylic acids is 2. The molecule has 10 heteroatoms. The average Bonchev–Trinajstić information content (AvgIpc) is 2.73. The Bertz CT molecular complexity index is 801. The van der Waals surface area contributed by atoms with Crippen molar-refractivity contribution in [2.24, 2.45) is 0 Å². The van der Waals surface area contributed by atoms with Crippen molar-refractivity contribution >= 4 is 23.5 Å². The van der Waals surface area contributed by atoms with Crippen molar-refractivity contribution in [1.82, 2.24) is 0 Å². The van der Waals surface area contributed by atoms with E-state index in [1.807, 2.05) is 19.1 Å². The second-order valence-electron chi connectivity index (χ2n) is 8.14. The van der Waals surface area contributed by atoms with Gasteiger partial charge in [-0.05, 0) is 39.0 Å². The summed E-state index contributed by atoms with van der Waals surface area (Å²) in [6.07, 6.45) is 0.841. The van der Waals surface area contributed by atoms with E-state index in [1.165, 1.54) is 0 Å². The van der Waals surface area contributed by atoms with E-state index >= 15 is 0 Å². The van der Waals surface area contributed by atoms with Gasteiger partial charge in [0.2, 0.25) is 5.91 Å². The first kappa shape index (κ1) is 26.9. The Kier molecular flexibility index (Phi) is 10.7. The number of anilines is 1. The van der Waals surface area contributed by atoms with Gasteiger partial charge >= 0.3 is 5.97 Å². The fraction of sp³-hybridized carbons (Fsp3) is 0.500. The maximum absolute atomic E-state index is 12.1. The number of fused-ring (bicyclic) bond motifs is 1. The van der Waals surface area contributed by atoms with Gasteiger partial charge in [0.1, 0.15) is 37.4 Å². The minimum Gasteiger partial charge on any atom is -0.545 e. The summed E-state index contributed by atoms with van der Waals surface area (Å²) >= 11 is 0. The van der Waals surface area contributed by atoms with Gasteiger partial charge in [0.15, 0.2) is 0 Å². The van der Waals surface area contributed by atoms with Gasteiger partial charge in [-0.25, -0.2) is 4.79 Å². The van der Waals surface area contributed by atoms with Crippen molar-refractivity contribution in [1.29, 1.82) is 0 Å². The summed E-state index contributed by atoms with van der Waals surface area (Å²) in [7, 11) is 0. The second kappa shape index (κ2) is 12.7. The molecule has 10 nitrogen and oxygen atoms in total. The number of nitrogens with zero attached hydrogens (tertiary/aromatic N) is 1. The highest BCUT2D eigenvalue weighted by atomic mass is 16.5. The van der Waals surface area contributed by atoms with Crippen LogP contribution in [0.3, 0.4) is 0 Å². The Hall–Kier alpha value is -3.11. The first-order valence-electron chi connectivity index (χ1n) is 10.3. The number of nitrogens with two attached hydrogens (primary N) is 1. The van der Waals surface area contributed by atoms with Gasteiger partial charge in [0.05, 0.1) is 23.7 Å². The van der Waals surface area contributed by atoms with Crippen molar-refractivity contribution in [3.05, 3.63) is 30.4 Å². The maximum Gasteiger partial charge on any atom is 0.328 e. The molecule has 1 heterocycles. The molecule has 0 saturated carbocycles. The van der Waals surface area contributed by atoms with Crippen LogP contribution in [0.15, 0.2) is 30.4 Å². The predicted octanol–water partition coefficient (Wildman–Crippen LogP) is -0.699. The smallest absolute Gasteiger partial charge is 0.328 e. The minimum atomic E-state index is -1.51. The lowest BCUT2D eigenvalue weighted by Crippen LogP contribution is -2.96. The van der Waals surface area contributed by atoms with Gasteiger partial charge in [0, 0.05) is 18.6 Å². The topological polar surface area (TPSA) is 153 Å². The lowest BCUT2D eigenvalue weighted by Gasteiger charge is -2.29. The number of carboxylic acid groups (broad SMARTS) is 2. The highest BCUT2D eigenvalue weighted by Gasteiger charge is 2.23. The Morgan fingerprint density at radius 3 is 2.53 bits per heavy atom. The monoisotopic (exact) mass is 452 g/mol. The van der Waals surface area contributed by atoms with Crippen molar-refractivity contribution in [3.8, 4) is 11.5 Å². The van der Waals surface area contributed by atoms with Crippen molar-refractivity contribution < 1.29 is 44.5 Å². The number of aliphatic hydroxyl groups excluding tert-OH is 1. The minimum absolute atomic E-state index is 0.0662. The molecule has 0 aromatic heterocycles. The summed E-state index contributed by atoms with van der Waals surface area (Å²) in [5.41, 5.74) is 0.812. The number of hydrogen-bond acceptors (Lipinski definition) is 7. The quantitative estimate of drug-likeness (QED) is 0.438. The predicted molar refractivity (Wildman–Crippen MR) is 114 cm³/mol. The molecular formula is C22H32N2O8. The fourth-order valence-electron chi connectivity index (χ4n) is 2.63. The standard InChI is InChI=1S/C18H28N2O4.C4H4O4/c1-5-17(22)20-8-9-23-16-7-6-14(10-15(16)20)24-12-13(21)11-19-18(2,3)4;5-3(6)1-2-4(7)8/h6-7,10,13,19,21H,5,8-9,11-12H2,1-4H3;1-2H,(H,5,6)(H,7,8)/b;2-1+. The van der Waals surface area contributed by atoms with Crippen LogP contribution in [0.25, 0.3) is 0 Å². The molecule has 1 aromatic rings. The number of quaternary nitrogens is 1. The number of aliphatic carboxylic acids is 2. The number of hydrogen-bond donors (Lipinski definition) is 3. The highest BCUT2D eigenvalue weighted by Crippen LogP contribution is 2.35.